The molecule has 2 N–H and O–H groups in total. The molecule has 0 atom stereocenters. The molecule has 2 rings (SSSR count). The molecule has 6 nitrogen and oxygen atoms in total. The van der Waals surface area contributed by atoms with Gasteiger partial charge in [0.15, 0.2) is 5.96 Å². The number of aryl methyl sites for hydroxylation is 2. The molecule has 27 heavy (non-hydrogen) atoms. The zero-order valence-corrected chi connectivity index (χ0v) is 19.4. The van der Waals surface area contributed by atoms with Crippen molar-refractivity contribution in [2.24, 2.45) is 4.99 Å². The molecule has 1 aromatic heterocycles. The monoisotopic (exact) mass is 503 g/mol. The molecule has 0 radical (unpaired) electrons. The Balaban J connectivity index is 0.00000364. The standard InChI is InChI=1S/C19H25N3O3S.HI/c1-12-6-7-14(17(8-12)26-5)10-21-19(20-3)22-11-15-9-16(13(2)25-15)18(23)24-4;/h6-9H,10-11H2,1-5H3,(H2,20,21,22);1H. The maximum atomic E-state index is 11.6. The van der Waals surface area contributed by atoms with E-state index in [4.69, 9.17) is 9.15 Å². The predicted molar refractivity (Wildman–Crippen MR) is 120 cm³/mol. The molecular weight excluding hydrogens is 477 g/mol. The summed E-state index contributed by atoms with van der Waals surface area (Å²) >= 11 is 1.73. The van der Waals surface area contributed by atoms with E-state index in [1.165, 1.54) is 23.1 Å². The number of ether oxygens (including phenoxy) is 1. The predicted octanol–water partition coefficient (Wildman–Crippen LogP) is 3.89. The molecule has 1 aromatic carbocycles. The smallest absolute Gasteiger partial charge is 0.341 e. The Hall–Kier alpha value is -1.68. The van der Waals surface area contributed by atoms with Crippen molar-refractivity contribution in [2.75, 3.05) is 20.4 Å². The van der Waals surface area contributed by atoms with Crippen molar-refractivity contribution in [3.05, 3.63) is 52.5 Å². The molecular formula is C19H26IN3O3S. The molecule has 0 aliphatic carbocycles. The number of halogens is 1. The van der Waals surface area contributed by atoms with Crippen molar-refractivity contribution in [1.29, 1.82) is 0 Å². The van der Waals surface area contributed by atoms with E-state index in [0.717, 1.165) is 0 Å². The Bertz CT molecular complexity index is 805. The van der Waals surface area contributed by atoms with Crippen molar-refractivity contribution < 1.29 is 13.9 Å². The number of guanidine groups is 1. The van der Waals surface area contributed by atoms with E-state index in [-0.39, 0.29) is 24.0 Å². The number of esters is 1. The highest BCUT2D eigenvalue weighted by molar-refractivity contribution is 14.0. The maximum Gasteiger partial charge on any atom is 0.341 e. The van der Waals surface area contributed by atoms with Gasteiger partial charge in [0.2, 0.25) is 0 Å². The minimum absolute atomic E-state index is 0. The number of benzene rings is 1. The highest BCUT2D eigenvalue weighted by Gasteiger charge is 2.15. The number of furan rings is 1. The molecule has 0 bridgehead atoms. The summed E-state index contributed by atoms with van der Waals surface area (Å²) in [5, 5.41) is 6.49. The van der Waals surface area contributed by atoms with Crippen molar-refractivity contribution >= 4 is 47.7 Å². The Morgan fingerprint density at radius 2 is 1.93 bits per heavy atom. The van der Waals surface area contributed by atoms with Gasteiger partial charge in [-0.05, 0) is 43.4 Å². The highest BCUT2D eigenvalue weighted by Crippen LogP contribution is 2.21. The summed E-state index contributed by atoms with van der Waals surface area (Å²) in [5.74, 6) is 1.45. The molecule has 0 fully saturated rings. The summed E-state index contributed by atoms with van der Waals surface area (Å²) < 4.78 is 10.3. The lowest BCUT2D eigenvalue weighted by atomic mass is 10.1. The zero-order valence-electron chi connectivity index (χ0n) is 16.2. The third-order valence-corrected chi connectivity index (χ3v) is 4.74. The van der Waals surface area contributed by atoms with Crippen LogP contribution in [0.25, 0.3) is 0 Å². The summed E-state index contributed by atoms with van der Waals surface area (Å²) in [5.41, 5.74) is 2.90. The van der Waals surface area contributed by atoms with Crippen LogP contribution in [0.15, 0.2) is 38.6 Å². The van der Waals surface area contributed by atoms with E-state index in [9.17, 15) is 4.79 Å². The summed E-state index contributed by atoms with van der Waals surface area (Å²) in [6.07, 6.45) is 2.07. The lowest BCUT2D eigenvalue weighted by Crippen LogP contribution is -2.36. The van der Waals surface area contributed by atoms with Gasteiger partial charge in [0.25, 0.3) is 0 Å². The Labute approximate surface area is 181 Å². The number of carbonyl (C=O) groups excluding carboxylic acids is 1. The number of aliphatic imine (C=N–C) groups is 1. The summed E-state index contributed by atoms with van der Waals surface area (Å²) in [6, 6.07) is 8.10. The van der Waals surface area contributed by atoms with Crippen molar-refractivity contribution in [2.45, 2.75) is 31.8 Å². The largest absolute Gasteiger partial charge is 0.465 e. The van der Waals surface area contributed by atoms with Crippen LogP contribution in [-0.4, -0.2) is 32.3 Å². The maximum absolute atomic E-state index is 11.6. The van der Waals surface area contributed by atoms with Gasteiger partial charge < -0.3 is 19.8 Å². The molecule has 1 heterocycles. The van der Waals surface area contributed by atoms with Crippen LogP contribution in [0, 0.1) is 13.8 Å². The first-order valence-electron chi connectivity index (χ1n) is 8.24. The van der Waals surface area contributed by atoms with Gasteiger partial charge in [0, 0.05) is 18.5 Å². The Morgan fingerprint density at radius 3 is 2.56 bits per heavy atom. The van der Waals surface area contributed by atoms with Crippen LogP contribution in [-0.2, 0) is 17.8 Å². The summed E-state index contributed by atoms with van der Waals surface area (Å²) in [6.45, 7) is 4.91. The van der Waals surface area contributed by atoms with Crippen LogP contribution >= 0.6 is 35.7 Å². The molecule has 0 aliphatic rings. The van der Waals surface area contributed by atoms with Gasteiger partial charge in [0.05, 0.1) is 13.7 Å². The van der Waals surface area contributed by atoms with E-state index >= 15 is 0 Å². The quantitative estimate of drug-likeness (QED) is 0.205. The lowest BCUT2D eigenvalue weighted by Gasteiger charge is -2.13. The number of nitrogens with one attached hydrogen (secondary N) is 2. The molecule has 0 amide bonds. The first-order chi connectivity index (χ1) is 12.5. The summed E-state index contributed by atoms with van der Waals surface area (Å²) in [7, 11) is 3.07. The van der Waals surface area contributed by atoms with E-state index in [1.54, 1.807) is 31.8 Å². The normalized spacial score (nSPS) is 10.9. The van der Waals surface area contributed by atoms with Gasteiger partial charge in [-0.3, -0.25) is 4.99 Å². The van der Waals surface area contributed by atoms with Gasteiger partial charge in [-0.2, -0.15) is 0 Å². The molecule has 0 aliphatic heterocycles. The second kappa shape index (κ2) is 11.2. The van der Waals surface area contributed by atoms with Crippen LogP contribution in [0.3, 0.4) is 0 Å². The van der Waals surface area contributed by atoms with E-state index in [1.807, 2.05) is 0 Å². The minimum atomic E-state index is -0.399. The second-order valence-electron chi connectivity index (χ2n) is 5.77. The van der Waals surface area contributed by atoms with Gasteiger partial charge in [0.1, 0.15) is 17.1 Å². The van der Waals surface area contributed by atoms with Crippen LogP contribution in [0.5, 0.6) is 0 Å². The molecule has 0 spiro atoms. The number of hydrogen-bond acceptors (Lipinski definition) is 5. The fourth-order valence-electron chi connectivity index (χ4n) is 2.51. The van der Waals surface area contributed by atoms with Gasteiger partial charge >= 0.3 is 5.97 Å². The van der Waals surface area contributed by atoms with E-state index in [0.29, 0.717) is 36.1 Å². The number of methoxy groups -OCH3 is 1. The average molecular weight is 503 g/mol. The van der Waals surface area contributed by atoms with Gasteiger partial charge in [-0.1, -0.05) is 12.1 Å². The van der Waals surface area contributed by atoms with Crippen LogP contribution in [0.1, 0.15) is 33.0 Å². The first-order valence-corrected chi connectivity index (χ1v) is 9.46. The Kier molecular flexibility index (Phi) is 9.71. The number of hydrogen-bond donors (Lipinski definition) is 2. The van der Waals surface area contributed by atoms with Crippen molar-refractivity contribution in [3.8, 4) is 0 Å². The molecule has 148 valence electrons. The molecule has 0 saturated heterocycles. The third-order valence-electron chi connectivity index (χ3n) is 3.92. The molecule has 2 aromatic rings. The number of rotatable bonds is 6. The number of nitrogens with zero attached hydrogens (tertiary/aromatic N) is 1. The van der Waals surface area contributed by atoms with E-state index in [2.05, 4.69) is 47.0 Å². The Morgan fingerprint density at radius 1 is 1.22 bits per heavy atom. The fourth-order valence-corrected chi connectivity index (χ4v) is 3.22. The lowest BCUT2D eigenvalue weighted by molar-refractivity contribution is 0.0599. The van der Waals surface area contributed by atoms with Gasteiger partial charge in [-0.25, -0.2) is 4.79 Å². The average Bonchev–Trinajstić information content (AvgIpc) is 3.02. The first kappa shape index (κ1) is 23.4. The molecule has 0 saturated carbocycles. The number of carbonyl (C=O) groups is 1. The third kappa shape index (κ3) is 6.46. The second-order valence-corrected chi connectivity index (χ2v) is 6.62. The fraction of sp³-hybridized carbons (Fsp3) is 0.368. The topological polar surface area (TPSA) is 75.9 Å². The molecule has 0 unspecified atom stereocenters. The minimum Gasteiger partial charge on any atom is -0.465 e. The van der Waals surface area contributed by atoms with Crippen molar-refractivity contribution in [1.82, 2.24) is 10.6 Å². The van der Waals surface area contributed by atoms with Gasteiger partial charge in [-0.15, -0.1) is 35.7 Å². The van der Waals surface area contributed by atoms with Crippen LogP contribution < -0.4 is 10.6 Å². The SMILES string of the molecule is CN=C(NCc1cc(C(=O)OC)c(C)o1)NCc1ccc(C)cc1SC.I. The number of thioether (sulfide) groups is 1. The highest BCUT2D eigenvalue weighted by atomic mass is 127. The van der Waals surface area contributed by atoms with E-state index < -0.39 is 5.97 Å². The van der Waals surface area contributed by atoms with Crippen molar-refractivity contribution in [3.63, 3.8) is 0 Å². The molecule has 8 heteroatoms. The zero-order chi connectivity index (χ0) is 19.1. The van der Waals surface area contributed by atoms with Crippen LogP contribution in [0.2, 0.25) is 0 Å². The van der Waals surface area contributed by atoms with Crippen LogP contribution in [0.4, 0.5) is 0 Å². The summed E-state index contributed by atoms with van der Waals surface area (Å²) in [4.78, 5) is 17.1.